The predicted molar refractivity (Wildman–Crippen MR) is 164 cm³/mol. The van der Waals surface area contributed by atoms with Crippen molar-refractivity contribution in [1.82, 2.24) is 30.2 Å². The van der Waals surface area contributed by atoms with Crippen LogP contribution in [0.15, 0.2) is 65.8 Å². The van der Waals surface area contributed by atoms with E-state index in [1.165, 1.54) is 34.1 Å². The van der Waals surface area contributed by atoms with Gasteiger partial charge in [0.2, 0.25) is 5.91 Å². The zero-order chi connectivity index (χ0) is 33.3. The molecular formula is C30H32N8O7S. The van der Waals surface area contributed by atoms with Gasteiger partial charge in [-0.3, -0.25) is 19.1 Å². The molecule has 5 rings (SSSR count). The number of ether oxygens (including phenoxy) is 1. The summed E-state index contributed by atoms with van der Waals surface area (Å²) in [6.45, 7) is 2.75. The van der Waals surface area contributed by atoms with E-state index in [1.54, 1.807) is 36.4 Å². The smallest absolute Gasteiger partial charge is 0.360 e. The van der Waals surface area contributed by atoms with Crippen molar-refractivity contribution in [3.63, 3.8) is 0 Å². The number of esters is 1. The molecule has 4 aromatic rings. The molecule has 15 nitrogen and oxygen atoms in total. The second-order valence-corrected chi connectivity index (χ2v) is 11.7. The number of benzene rings is 2. The normalized spacial score (nSPS) is 14.2. The van der Waals surface area contributed by atoms with Crippen molar-refractivity contribution >= 4 is 38.8 Å². The Morgan fingerprint density at radius 3 is 2.63 bits per heavy atom. The average molecular weight is 649 g/mol. The molecule has 0 bridgehead atoms. The van der Waals surface area contributed by atoms with E-state index in [1.807, 2.05) is 6.92 Å². The van der Waals surface area contributed by atoms with E-state index in [0.29, 0.717) is 48.1 Å². The van der Waals surface area contributed by atoms with Crippen molar-refractivity contribution in [2.45, 2.75) is 37.1 Å². The second kappa shape index (κ2) is 15.2. The minimum absolute atomic E-state index is 0.0439. The number of nitriles is 1. The van der Waals surface area contributed by atoms with Crippen LogP contribution < -0.4 is 11.1 Å². The zero-order valence-electron chi connectivity index (χ0n) is 24.9. The molecule has 0 aliphatic carbocycles. The predicted octanol–water partition coefficient (Wildman–Crippen LogP) is 1.81. The third-order valence-electron chi connectivity index (χ3n) is 6.96. The summed E-state index contributed by atoms with van der Waals surface area (Å²) in [5.74, 6) is -1.35. The Morgan fingerprint density at radius 2 is 1.93 bits per heavy atom. The lowest BCUT2D eigenvalue weighted by atomic mass is 10.1. The quantitative estimate of drug-likeness (QED) is 0.134. The van der Waals surface area contributed by atoms with Gasteiger partial charge < -0.3 is 20.7 Å². The first-order valence-electron chi connectivity index (χ1n) is 14.2. The van der Waals surface area contributed by atoms with Crippen molar-refractivity contribution in [2.24, 2.45) is 5.73 Å². The molecule has 0 spiro atoms. The molecule has 0 radical (unpaired) electrons. The topological polar surface area (TPSA) is 223 Å². The van der Waals surface area contributed by atoms with E-state index in [9.17, 15) is 28.1 Å². The highest BCUT2D eigenvalue weighted by Crippen LogP contribution is 2.21. The fraction of sp³-hybridized carbons (Fsp3) is 0.300. The van der Waals surface area contributed by atoms with Gasteiger partial charge >= 0.3 is 5.97 Å². The Kier molecular flexibility index (Phi) is 11.1. The van der Waals surface area contributed by atoms with E-state index < -0.39 is 28.0 Å². The molecule has 16 heteroatoms. The Labute approximate surface area is 264 Å². The number of hydrogen-bond acceptors (Lipinski definition) is 11. The number of aryl methyl sites for hydroxylation is 1. The summed E-state index contributed by atoms with van der Waals surface area (Å²) in [5, 5.41) is 20.2. The first-order chi connectivity index (χ1) is 22.0. The van der Waals surface area contributed by atoms with Crippen LogP contribution in [0.2, 0.25) is 0 Å². The molecular weight excluding hydrogens is 616 g/mol. The largest absolute Gasteiger partial charge is 0.461 e. The first-order valence-corrected chi connectivity index (χ1v) is 15.7. The summed E-state index contributed by atoms with van der Waals surface area (Å²) in [6, 6.07) is 14.4. The maximum absolute atomic E-state index is 12.9. The summed E-state index contributed by atoms with van der Waals surface area (Å²) in [7, 11) is -4.02. The van der Waals surface area contributed by atoms with Gasteiger partial charge in [0.1, 0.15) is 6.04 Å². The van der Waals surface area contributed by atoms with Crippen molar-refractivity contribution in [3.05, 3.63) is 77.7 Å². The zero-order valence-corrected chi connectivity index (χ0v) is 25.7. The number of fused-ring (bicyclic) bond motifs is 1. The number of nitrogens with one attached hydrogen (secondary N) is 1. The van der Waals surface area contributed by atoms with Gasteiger partial charge in [0, 0.05) is 18.1 Å². The molecule has 46 heavy (non-hydrogen) atoms. The number of carbonyl (C=O) groups is 3. The number of aromatic nitrogens is 4. The van der Waals surface area contributed by atoms with Gasteiger partial charge in [-0.25, -0.2) is 9.48 Å². The van der Waals surface area contributed by atoms with E-state index in [4.69, 9.17) is 15.0 Å². The minimum Gasteiger partial charge on any atom is -0.461 e. The number of rotatable bonds is 9. The Morgan fingerprint density at radius 1 is 1.17 bits per heavy atom. The van der Waals surface area contributed by atoms with Gasteiger partial charge in [-0.05, 0) is 69.1 Å². The van der Waals surface area contributed by atoms with Crippen LogP contribution >= 0.6 is 0 Å². The number of amides is 2. The van der Waals surface area contributed by atoms with Gasteiger partial charge in [0.05, 0.1) is 47.1 Å². The van der Waals surface area contributed by atoms with Gasteiger partial charge in [-0.2, -0.15) is 13.7 Å². The van der Waals surface area contributed by atoms with Gasteiger partial charge in [-0.1, -0.05) is 22.9 Å². The van der Waals surface area contributed by atoms with E-state index in [0.717, 1.165) is 12.0 Å². The molecule has 1 saturated heterocycles. The van der Waals surface area contributed by atoms with Crippen LogP contribution in [0.4, 0.5) is 0 Å². The lowest BCUT2D eigenvalue weighted by Crippen LogP contribution is -2.42. The van der Waals surface area contributed by atoms with E-state index in [2.05, 4.69) is 26.7 Å². The summed E-state index contributed by atoms with van der Waals surface area (Å²) in [4.78, 5) is 43.2. The highest BCUT2D eigenvalue weighted by atomic mass is 32.2. The highest BCUT2D eigenvalue weighted by molar-refractivity contribution is 7.85. The number of nitrogens with zero attached hydrogens (tertiary/aromatic N) is 6. The van der Waals surface area contributed by atoms with Crippen LogP contribution in [0, 0.1) is 18.3 Å². The standard InChI is InChI=1S/C23H24N8O4.C7H8O3S/c24-7-2-10-35-23(34)20-14-31(29-28-20)15-4-5-19-18(11-15)17(6-8-26-19)22(33)27-13-21(32)30-9-1-3-16(30)12-25;1-6-2-4-7(5-3-6)11(8,9)10/h4-6,8,11,14,16H,1-3,7,9-10,13,24H2,(H,27,33);2-5H,1H3,(H,8,9,10)/t16-;/m0./s1. The molecule has 1 atom stereocenters. The van der Waals surface area contributed by atoms with Crippen molar-refractivity contribution in [3.8, 4) is 11.8 Å². The van der Waals surface area contributed by atoms with Crippen LogP contribution in [0.3, 0.4) is 0 Å². The lowest BCUT2D eigenvalue weighted by molar-refractivity contribution is -0.130. The monoisotopic (exact) mass is 648 g/mol. The van der Waals surface area contributed by atoms with Crippen LogP contribution in [-0.2, 0) is 19.6 Å². The summed E-state index contributed by atoms with van der Waals surface area (Å²) >= 11 is 0. The van der Waals surface area contributed by atoms with Crippen LogP contribution in [-0.4, -0.2) is 87.9 Å². The molecule has 2 amide bonds. The molecule has 0 unspecified atom stereocenters. The third kappa shape index (κ3) is 8.47. The molecule has 1 fully saturated rings. The lowest BCUT2D eigenvalue weighted by Gasteiger charge is -2.19. The maximum atomic E-state index is 12.9. The van der Waals surface area contributed by atoms with Crippen LogP contribution in [0.1, 0.15) is 45.7 Å². The van der Waals surface area contributed by atoms with Crippen molar-refractivity contribution < 1.29 is 32.1 Å². The van der Waals surface area contributed by atoms with Crippen molar-refractivity contribution in [2.75, 3.05) is 26.2 Å². The minimum atomic E-state index is -4.02. The fourth-order valence-corrected chi connectivity index (χ4v) is 5.02. The molecule has 2 aromatic carbocycles. The average Bonchev–Trinajstić information content (AvgIpc) is 3.74. The molecule has 2 aromatic heterocycles. The summed E-state index contributed by atoms with van der Waals surface area (Å²) in [6.07, 6.45) is 4.90. The maximum Gasteiger partial charge on any atom is 0.360 e. The molecule has 1 aliphatic heterocycles. The SMILES string of the molecule is Cc1ccc(S(=O)(=O)O)cc1.N#C[C@@H]1CCCN1C(=O)CNC(=O)c1ccnc2ccc(-n3cc(C(=O)OCCCN)nn3)cc12. The number of hydrogen-bond donors (Lipinski definition) is 3. The molecule has 3 heterocycles. The Balaban J connectivity index is 0.000000369. The number of nitrogens with two attached hydrogens (primary N) is 1. The number of carbonyl (C=O) groups excluding carboxylic acids is 3. The highest BCUT2D eigenvalue weighted by Gasteiger charge is 2.28. The fourth-order valence-electron chi connectivity index (χ4n) is 4.54. The molecule has 1 aliphatic rings. The molecule has 240 valence electrons. The third-order valence-corrected chi connectivity index (χ3v) is 7.83. The van der Waals surface area contributed by atoms with Crippen LogP contribution in [0.25, 0.3) is 16.6 Å². The van der Waals surface area contributed by atoms with Crippen molar-refractivity contribution in [1.29, 1.82) is 5.26 Å². The van der Waals surface area contributed by atoms with Gasteiger partial charge in [-0.15, -0.1) is 5.10 Å². The molecule has 4 N–H and O–H groups in total. The summed E-state index contributed by atoms with van der Waals surface area (Å²) < 4.78 is 36.0. The summed E-state index contributed by atoms with van der Waals surface area (Å²) in [5.41, 5.74) is 7.84. The Bertz CT molecular complexity index is 1870. The number of pyridine rings is 1. The number of likely N-dealkylation sites (tertiary alicyclic amines) is 1. The van der Waals surface area contributed by atoms with E-state index in [-0.39, 0.29) is 29.6 Å². The van der Waals surface area contributed by atoms with Gasteiger partial charge in [0.15, 0.2) is 5.69 Å². The molecule has 0 saturated carbocycles. The Hall–Kier alpha value is -5.24. The van der Waals surface area contributed by atoms with Crippen LogP contribution in [0.5, 0.6) is 0 Å². The van der Waals surface area contributed by atoms with Gasteiger partial charge in [0.25, 0.3) is 16.0 Å². The van der Waals surface area contributed by atoms with E-state index >= 15 is 0 Å². The second-order valence-electron chi connectivity index (χ2n) is 10.2. The first kappa shape index (κ1) is 33.6.